The molecule has 1 heterocycles. The lowest BCUT2D eigenvalue weighted by Crippen LogP contribution is -2.24. The van der Waals surface area contributed by atoms with E-state index in [1.807, 2.05) is 37.3 Å². The molecule has 2 aliphatic rings. The topological polar surface area (TPSA) is 58.2 Å². The monoisotopic (exact) mass is 282 g/mol. The molecule has 2 N–H and O–H groups in total. The number of benzene rings is 1. The Bertz CT molecular complexity index is 659. The minimum absolute atomic E-state index is 0.0144. The Hall–Kier alpha value is -2.36. The molecule has 0 fully saturated rings. The van der Waals surface area contributed by atoms with Gasteiger partial charge in [0, 0.05) is 17.8 Å². The summed E-state index contributed by atoms with van der Waals surface area (Å²) >= 11 is 0. The predicted octanol–water partition coefficient (Wildman–Crippen LogP) is 3.03. The van der Waals surface area contributed by atoms with Gasteiger partial charge in [-0.05, 0) is 43.5 Å². The first-order chi connectivity index (χ1) is 10.1. The van der Waals surface area contributed by atoms with Crippen LogP contribution in [-0.4, -0.2) is 11.8 Å². The Labute approximate surface area is 123 Å². The molecule has 21 heavy (non-hydrogen) atoms. The normalized spacial score (nSPS) is 20.3. The van der Waals surface area contributed by atoms with Crippen LogP contribution >= 0.6 is 0 Å². The number of aryl methyl sites for hydroxylation is 1. The minimum Gasteiger partial charge on any atom is -0.326 e. The number of allylic oxidation sites excluding steroid dienone is 2. The van der Waals surface area contributed by atoms with Crippen molar-refractivity contribution in [2.45, 2.75) is 26.2 Å². The zero-order valence-electron chi connectivity index (χ0n) is 12.0. The molecule has 0 saturated heterocycles. The Kier molecular flexibility index (Phi) is 3.60. The summed E-state index contributed by atoms with van der Waals surface area (Å²) in [7, 11) is 0. The largest absolute Gasteiger partial charge is 0.326 e. The lowest BCUT2D eigenvalue weighted by Gasteiger charge is -2.20. The van der Waals surface area contributed by atoms with Gasteiger partial charge in [0.2, 0.25) is 11.8 Å². The molecule has 1 aromatic carbocycles. The van der Waals surface area contributed by atoms with E-state index in [0.717, 1.165) is 28.9 Å². The van der Waals surface area contributed by atoms with Crippen LogP contribution in [0.5, 0.6) is 0 Å². The highest BCUT2D eigenvalue weighted by molar-refractivity contribution is 5.97. The van der Waals surface area contributed by atoms with E-state index in [1.165, 1.54) is 0 Å². The zero-order chi connectivity index (χ0) is 14.8. The molecular weight excluding hydrogens is 264 g/mol. The number of fused-ring (bicyclic) bond motifs is 1. The number of carbonyl (C=O) groups excluding carboxylic acids is 2. The summed E-state index contributed by atoms with van der Waals surface area (Å²) in [6, 6.07) is 5.62. The number of carbonyl (C=O) groups is 2. The van der Waals surface area contributed by atoms with Crippen LogP contribution in [0.4, 0.5) is 11.4 Å². The first-order valence-corrected chi connectivity index (χ1v) is 7.20. The van der Waals surface area contributed by atoms with Crippen LogP contribution in [0.1, 0.15) is 25.3 Å². The van der Waals surface area contributed by atoms with Gasteiger partial charge in [-0.3, -0.25) is 9.59 Å². The van der Waals surface area contributed by atoms with E-state index < -0.39 is 0 Å². The average molecular weight is 282 g/mol. The van der Waals surface area contributed by atoms with Crippen molar-refractivity contribution < 1.29 is 9.59 Å². The van der Waals surface area contributed by atoms with Crippen molar-refractivity contribution in [3.63, 3.8) is 0 Å². The average Bonchev–Trinajstić information content (AvgIpc) is 2.48. The van der Waals surface area contributed by atoms with E-state index in [1.54, 1.807) is 0 Å². The van der Waals surface area contributed by atoms with Crippen molar-refractivity contribution in [1.82, 2.24) is 0 Å². The Morgan fingerprint density at radius 2 is 2.19 bits per heavy atom. The molecule has 0 bridgehead atoms. The number of nitrogens with one attached hydrogen (secondary N) is 2. The van der Waals surface area contributed by atoms with Crippen molar-refractivity contribution >= 4 is 23.2 Å². The molecule has 0 unspecified atom stereocenters. The minimum atomic E-state index is -0.186. The molecule has 1 aliphatic heterocycles. The summed E-state index contributed by atoms with van der Waals surface area (Å²) in [5.41, 5.74) is 3.78. The molecule has 3 rings (SSSR count). The van der Waals surface area contributed by atoms with Crippen LogP contribution in [0.2, 0.25) is 0 Å². The van der Waals surface area contributed by atoms with E-state index in [2.05, 4.69) is 16.7 Å². The summed E-state index contributed by atoms with van der Waals surface area (Å²) in [5.74, 6) is -0.152. The molecule has 1 aliphatic carbocycles. The van der Waals surface area contributed by atoms with Gasteiger partial charge in [0.1, 0.15) is 0 Å². The predicted molar refractivity (Wildman–Crippen MR) is 83.0 cm³/mol. The molecule has 2 amide bonds. The smallest absolute Gasteiger partial charge is 0.235 e. The Morgan fingerprint density at radius 3 is 3.00 bits per heavy atom. The van der Waals surface area contributed by atoms with Gasteiger partial charge in [-0.15, -0.1) is 0 Å². The first kappa shape index (κ1) is 13.6. The maximum absolute atomic E-state index is 12.3. The van der Waals surface area contributed by atoms with E-state index in [0.29, 0.717) is 12.8 Å². The number of rotatable bonds is 2. The summed E-state index contributed by atoms with van der Waals surface area (Å²) in [6.45, 7) is 1.98. The van der Waals surface area contributed by atoms with E-state index in [-0.39, 0.29) is 17.7 Å². The number of amides is 2. The third-order valence-corrected chi connectivity index (χ3v) is 3.95. The van der Waals surface area contributed by atoms with Gasteiger partial charge in [0.25, 0.3) is 0 Å². The summed E-state index contributed by atoms with van der Waals surface area (Å²) < 4.78 is 0. The number of hydrogen-bond acceptors (Lipinski definition) is 2. The molecule has 0 saturated carbocycles. The Balaban J connectivity index is 1.75. The zero-order valence-corrected chi connectivity index (χ0v) is 12.0. The highest BCUT2D eigenvalue weighted by Gasteiger charge is 2.20. The quantitative estimate of drug-likeness (QED) is 0.819. The van der Waals surface area contributed by atoms with Crippen LogP contribution < -0.4 is 10.6 Å². The number of hydrogen-bond donors (Lipinski definition) is 2. The van der Waals surface area contributed by atoms with E-state index >= 15 is 0 Å². The molecule has 4 nitrogen and oxygen atoms in total. The van der Waals surface area contributed by atoms with Crippen molar-refractivity contribution in [3.05, 3.63) is 47.6 Å². The SMILES string of the molecule is CC1=CCC=C[C@@H]1C(=O)Nc1ccc2c(c1)CCC(=O)N2. The molecule has 1 aromatic rings. The fourth-order valence-corrected chi connectivity index (χ4v) is 2.72. The van der Waals surface area contributed by atoms with Gasteiger partial charge in [0.05, 0.1) is 5.92 Å². The maximum atomic E-state index is 12.3. The third-order valence-electron chi connectivity index (χ3n) is 3.95. The van der Waals surface area contributed by atoms with Gasteiger partial charge >= 0.3 is 0 Å². The van der Waals surface area contributed by atoms with Crippen molar-refractivity contribution in [2.75, 3.05) is 10.6 Å². The van der Waals surface area contributed by atoms with Gasteiger partial charge in [-0.1, -0.05) is 23.8 Å². The fourth-order valence-electron chi connectivity index (χ4n) is 2.72. The molecule has 108 valence electrons. The highest BCUT2D eigenvalue weighted by atomic mass is 16.2. The van der Waals surface area contributed by atoms with Crippen molar-refractivity contribution in [3.8, 4) is 0 Å². The Morgan fingerprint density at radius 1 is 1.33 bits per heavy atom. The highest BCUT2D eigenvalue weighted by Crippen LogP contribution is 2.27. The van der Waals surface area contributed by atoms with Crippen LogP contribution in [0.15, 0.2) is 42.0 Å². The summed E-state index contributed by atoms with van der Waals surface area (Å²) in [4.78, 5) is 23.7. The third kappa shape index (κ3) is 2.89. The van der Waals surface area contributed by atoms with E-state index in [9.17, 15) is 9.59 Å². The van der Waals surface area contributed by atoms with Crippen molar-refractivity contribution in [1.29, 1.82) is 0 Å². The van der Waals surface area contributed by atoms with Crippen LogP contribution in [0.25, 0.3) is 0 Å². The second-order valence-corrected chi connectivity index (χ2v) is 5.50. The van der Waals surface area contributed by atoms with Crippen LogP contribution in [0, 0.1) is 5.92 Å². The molecule has 0 spiro atoms. The lowest BCUT2D eigenvalue weighted by molar-refractivity contribution is -0.118. The molecule has 4 heteroatoms. The standard InChI is InChI=1S/C17H18N2O2/c1-11-4-2-3-5-14(11)17(21)18-13-7-8-15-12(10-13)6-9-16(20)19-15/h3-5,7-8,10,14H,2,6,9H2,1H3,(H,18,21)(H,19,20)/t14-/m0/s1. The van der Waals surface area contributed by atoms with Gasteiger partial charge in [-0.25, -0.2) is 0 Å². The van der Waals surface area contributed by atoms with Gasteiger partial charge < -0.3 is 10.6 Å². The van der Waals surface area contributed by atoms with Crippen molar-refractivity contribution in [2.24, 2.45) is 5.92 Å². The molecule has 0 radical (unpaired) electrons. The summed E-state index contributed by atoms with van der Waals surface area (Å²) in [6.07, 6.45) is 8.15. The van der Waals surface area contributed by atoms with Gasteiger partial charge in [-0.2, -0.15) is 0 Å². The second-order valence-electron chi connectivity index (χ2n) is 5.50. The van der Waals surface area contributed by atoms with Gasteiger partial charge in [0.15, 0.2) is 0 Å². The van der Waals surface area contributed by atoms with Crippen LogP contribution in [-0.2, 0) is 16.0 Å². The fraction of sp³-hybridized carbons (Fsp3) is 0.294. The van der Waals surface area contributed by atoms with E-state index in [4.69, 9.17) is 0 Å². The summed E-state index contributed by atoms with van der Waals surface area (Å²) in [5, 5.41) is 5.80. The maximum Gasteiger partial charge on any atom is 0.235 e. The molecule has 0 aromatic heterocycles. The molecular formula is C17H18N2O2. The first-order valence-electron chi connectivity index (χ1n) is 7.20. The molecule has 1 atom stereocenters. The lowest BCUT2D eigenvalue weighted by atomic mass is 9.93. The second kappa shape index (κ2) is 5.56. The number of anilines is 2. The van der Waals surface area contributed by atoms with Crippen LogP contribution in [0.3, 0.4) is 0 Å².